The molecular weight excluding hydrogens is 406 g/mol. The molecule has 0 bridgehead atoms. The van der Waals surface area contributed by atoms with Crippen LogP contribution in [-0.4, -0.2) is 37.2 Å². The first-order valence-electron chi connectivity index (χ1n) is 9.17. The van der Waals surface area contributed by atoms with E-state index in [0.717, 1.165) is 10.9 Å². The van der Waals surface area contributed by atoms with Gasteiger partial charge in [0.2, 0.25) is 5.91 Å². The summed E-state index contributed by atoms with van der Waals surface area (Å²) >= 11 is 0. The van der Waals surface area contributed by atoms with Crippen molar-refractivity contribution in [3.05, 3.63) is 65.9 Å². The summed E-state index contributed by atoms with van der Waals surface area (Å²) in [6.07, 6.45) is 1.67. The zero-order valence-electron chi connectivity index (χ0n) is 16.0. The van der Waals surface area contributed by atoms with Gasteiger partial charge >= 0.3 is 0 Å². The summed E-state index contributed by atoms with van der Waals surface area (Å²) < 4.78 is 28.3. The molecule has 2 amide bonds. The molecule has 30 heavy (non-hydrogen) atoms. The molecule has 4 rings (SSSR count). The van der Waals surface area contributed by atoms with Crippen LogP contribution < -0.4 is 15.6 Å². The van der Waals surface area contributed by atoms with Gasteiger partial charge in [-0.25, -0.2) is 8.42 Å². The maximum atomic E-state index is 12.4. The quantitative estimate of drug-likeness (QED) is 0.541. The molecule has 0 unspecified atom stereocenters. The Labute approximate surface area is 172 Å². The molecule has 1 aliphatic rings. The number of carbonyl (C=O) groups is 2. The summed E-state index contributed by atoms with van der Waals surface area (Å²) in [6.45, 7) is 0.0577. The molecule has 154 valence electrons. The van der Waals surface area contributed by atoms with E-state index in [4.69, 9.17) is 0 Å². The van der Waals surface area contributed by atoms with Crippen LogP contribution in [0.5, 0.6) is 0 Å². The van der Waals surface area contributed by atoms with Crippen molar-refractivity contribution in [1.29, 1.82) is 0 Å². The first kappa shape index (κ1) is 19.6. The number of carbonyl (C=O) groups excluding carboxylic acids is 2. The van der Waals surface area contributed by atoms with Crippen LogP contribution in [0.4, 0.5) is 0 Å². The molecule has 10 heteroatoms. The summed E-state index contributed by atoms with van der Waals surface area (Å²) in [5.74, 6) is -0.663. The molecule has 1 aromatic heterocycles. The lowest BCUT2D eigenvalue weighted by atomic mass is 10.2. The maximum Gasteiger partial charge on any atom is 0.271 e. The van der Waals surface area contributed by atoms with Gasteiger partial charge in [-0.1, -0.05) is 30.3 Å². The minimum atomic E-state index is -3.61. The van der Waals surface area contributed by atoms with E-state index in [1.165, 1.54) is 6.07 Å². The number of aliphatic imine (C=N–C) groups is 1. The first-order valence-corrected chi connectivity index (χ1v) is 10.6. The van der Waals surface area contributed by atoms with Gasteiger partial charge in [0.15, 0.2) is 0 Å². The van der Waals surface area contributed by atoms with Crippen LogP contribution in [0.15, 0.2) is 64.6 Å². The molecule has 0 radical (unpaired) electrons. The summed E-state index contributed by atoms with van der Waals surface area (Å²) in [5, 5.41) is 0.783. The number of rotatable bonds is 4. The van der Waals surface area contributed by atoms with Crippen LogP contribution in [0.1, 0.15) is 22.3 Å². The van der Waals surface area contributed by atoms with Crippen molar-refractivity contribution >= 4 is 38.6 Å². The minimum absolute atomic E-state index is 0.0246. The van der Waals surface area contributed by atoms with Gasteiger partial charge in [0.05, 0.1) is 17.0 Å². The number of hydrogen-bond acceptors (Lipinski definition) is 5. The molecule has 0 saturated heterocycles. The highest BCUT2D eigenvalue weighted by Crippen LogP contribution is 2.22. The molecule has 0 saturated carbocycles. The number of fused-ring (bicyclic) bond motifs is 2. The number of hydrazine groups is 1. The SMILES string of the molecule is Cn1cc(C(=O)NNC(=O)CCN=C2NS(=O)(=O)c3ccccc32)c2ccccc21. The molecule has 3 N–H and O–H groups in total. The topological polar surface area (TPSA) is 122 Å². The number of benzene rings is 2. The molecule has 2 heterocycles. The zero-order chi connectivity index (χ0) is 21.3. The molecule has 3 aromatic rings. The van der Waals surface area contributed by atoms with Crippen molar-refractivity contribution in [1.82, 2.24) is 20.1 Å². The van der Waals surface area contributed by atoms with Gasteiger partial charge in [-0.15, -0.1) is 0 Å². The molecule has 9 nitrogen and oxygen atoms in total. The van der Waals surface area contributed by atoms with Gasteiger partial charge in [-0.05, 0) is 18.2 Å². The van der Waals surface area contributed by atoms with Gasteiger partial charge < -0.3 is 4.57 Å². The highest BCUT2D eigenvalue weighted by molar-refractivity contribution is 7.90. The highest BCUT2D eigenvalue weighted by atomic mass is 32.2. The van der Waals surface area contributed by atoms with E-state index in [2.05, 4.69) is 20.6 Å². The molecule has 1 aliphatic heterocycles. The molecule has 2 aromatic carbocycles. The van der Waals surface area contributed by atoms with Crippen molar-refractivity contribution in [3.63, 3.8) is 0 Å². The van der Waals surface area contributed by atoms with Crippen LogP contribution in [0, 0.1) is 0 Å². The van der Waals surface area contributed by atoms with E-state index in [-0.39, 0.29) is 23.7 Å². The lowest BCUT2D eigenvalue weighted by molar-refractivity contribution is -0.121. The average Bonchev–Trinajstić information content (AvgIpc) is 3.21. The van der Waals surface area contributed by atoms with E-state index in [1.54, 1.807) is 24.4 Å². The van der Waals surface area contributed by atoms with Crippen molar-refractivity contribution in [2.45, 2.75) is 11.3 Å². The van der Waals surface area contributed by atoms with E-state index in [1.807, 2.05) is 35.9 Å². The number of hydrogen-bond donors (Lipinski definition) is 3. The smallest absolute Gasteiger partial charge is 0.271 e. The Morgan fingerprint density at radius 1 is 1.07 bits per heavy atom. The summed E-state index contributed by atoms with van der Waals surface area (Å²) in [6, 6.07) is 14.0. The van der Waals surface area contributed by atoms with Crippen LogP contribution in [0.25, 0.3) is 10.9 Å². The van der Waals surface area contributed by atoms with E-state index >= 15 is 0 Å². The highest BCUT2D eigenvalue weighted by Gasteiger charge is 2.29. The second kappa shape index (κ2) is 7.64. The monoisotopic (exact) mass is 425 g/mol. The molecule has 0 spiro atoms. The Kier molecular flexibility index (Phi) is 5.00. The Morgan fingerprint density at radius 3 is 2.63 bits per heavy atom. The standard InChI is InChI=1S/C20H19N5O4S/c1-25-12-15(13-6-2-4-8-16(13)25)20(27)23-22-18(26)10-11-21-19-14-7-3-5-9-17(14)30(28,29)24-19/h2-9,12H,10-11H2,1H3,(H,21,24)(H,22,26)(H,23,27). The second-order valence-corrected chi connectivity index (χ2v) is 8.41. The molecule has 0 fully saturated rings. The van der Waals surface area contributed by atoms with Gasteiger partial charge in [0.1, 0.15) is 5.84 Å². The first-order chi connectivity index (χ1) is 14.4. The van der Waals surface area contributed by atoms with Crippen LogP contribution in [-0.2, 0) is 21.9 Å². The number of aromatic nitrogens is 1. The van der Waals surface area contributed by atoms with Crippen LogP contribution in [0.3, 0.4) is 0 Å². The third kappa shape index (κ3) is 3.64. The zero-order valence-corrected chi connectivity index (χ0v) is 16.9. The number of aryl methyl sites for hydroxylation is 1. The number of sulfonamides is 1. The number of amides is 2. The van der Waals surface area contributed by atoms with Gasteiger partial charge in [-0.3, -0.25) is 30.2 Å². The Balaban J connectivity index is 1.35. The fraction of sp³-hybridized carbons (Fsp3) is 0.150. The van der Waals surface area contributed by atoms with Crippen molar-refractivity contribution < 1.29 is 18.0 Å². The van der Waals surface area contributed by atoms with Gasteiger partial charge in [0.25, 0.3) is 15.9 Å². The average molecular weight is 425 g/mol. The summed E-state index contributed by atoms with van der Waals surface area (Å²) in [7, 11) is -1.77. The largest absolute Gasteiger partial charge is 0.350 e. The summed E-state index contributed by atoms with van der Waals surface area (Å²) in [5.41, 5.74) is 6.59. The normalized spacial score (nSPS) is 15.6. The Hall–Kier alpha value is -3.66. The predicted molar refractivity (Wildman–Crippen MR) is 111 cm³/mol. The minimum Gasteiger partial charge on any atom is -0.350 e. The van der Waals surface area contributed by atoms with Crippen molar-refractivity contribution in [2.75, 3.05) is 6.54 Å². The lowest BCUT2D eigenvalue weighted by Crippen LogP contribution is -2.41. The second-order valence-electron chi connectivity index (χ2n) is 6.76. The predicted octanol–water partition coefficient (Wildman–Crippen LogP) is 1.07. The fourth-order valence-corrected chi connectivity index (χ4v) is 4.55. The van der Waals surface area contributed by atoms with Gasteiger partial charge in [0, 0.05) is 36.1 Å². The maximum absolute atomic E-state index is 12.4. The summed E-state index contributed by atoms with van der Waals surface area (Å²) in [4.78, 5) is 28.8. The fourth-order valence-electron chi connectivity index (χ4n) is 3.30. The third-order valence-corrected chi connectivity index (χ3v) is 6.13. The molecule has 0 atom stereocenters. The van der Waals surface area contributed by atoms with Crippen molar-refractivity contribution in [3.8, 4) is 0 Å². The van der Waals surface area contributed by atoms with E-state index in [9.17, 15) is 18.0 Å². The Morgan fingerprint density at radius 2 is 1.80 bits per heavy atom. The van der Waals surface area contributed by atoms with Crippen molar-refractivity contribution in [2.24, 2.45) is 12.0 Å². The molecular formula is C20H19N5O4S. The van der Waals surface area contributed by atoms with Gasteiger partial charge in [-0.2, -0.15) is 0 Å². The Bertz CT molecular complexity index is 1290. The number of nitrogens with one attached hydrogen (secondary N) is 3. The van der Waals surface area contributed by atoms with E-state index in [0.29, 0.717) is 11.1 Å². The van der Waals surface area contributed by atoms with Crippen LogP contribution in [0.2, 0.25) is 0 Å². The van der Waals surface area contributed by atoms with E-state index < -0.39 is 21.8 Å². The third-order valence-electron chi connectivity index (χ3n) is 4.73. The van der Waals surface area contributed by atoms with Crippen LogP contribution >= 0.6 is 0 Å². The lowest BCUT2D eigenvalue weighted by Gasteiger charge is -2.06. The number of amidine groups is 1. The number of para-hydroxylation sites is 1. The molecule has 0 aliphatic carbocycles. The number of nitrogens with zero attached hydrogens (tertiary/aromatic N) is 2.